The minimum atomic E-state index is -0.954. The summed E-state index contributed by atoms with van der Waals surface area (Å²) in [5.74, 6) is -1.74. The Morgan fingerprint density at radius 2 is 1.19 bits per heavy atom. The number of carboxylic acids is 2. The van der Waals surface area contributed by atoms with E-state index in [0.717, 1.165) is 0 Å². The van der Waals surface area contributed by atoms with Crippen LogP contribution in [0.3, 0.4) is 0 Å². The Labute approximate surface area is 93.0 Å². The Kier molecular flexibility index (Phi) is 12.8. The molecule has 0 heterocycles. The minimum absolute atomic E-state index is 0.0628. The lowest BCUT2D eigenvalue weighted by Gasteiger charge is -1.96. The summed E-state index contributed by atoms with van der Waals surface area (Å²) >= 11 is 0. The van der Waals surface area contributed by atoms with Crippen molar-refractivity contribution in [1.82, 2.24) is 0 Å². The second kappa shape index (κ2) is 11.9. The molecule has 0 bridgehead atoms. The molecule has 7 heteroatoms. The Bertz CT molecular complexity index is 172. The highest BCUT2D eigenvalue weighted by molar-refractivity contribution is 5.67. The van der Waals surface area contributed by atoms with Crippen LogP contribution >= 0.6 is 0 Å². The van der Waals surface area contributed by atoms with Gasteiger partial charge in [-0.3, -0.25) is 9.59 Å². The van der Waals surface area contributed by atoms with Gasteiger partial charge in [-0.05, 0) is 12.8 Å². The molecule has 0 aliphatic heterocycles. The standard InChI is InChI=1S/C6H10O4.C3H8O3/c7-5(8)3-1-2-4-6(9)10;4-1-3(6)2-5/h1-4H2,(H,7,8)(H,9,10);3-6H,1-2H2. The molecule has 5 N–H and O–H groups in total. The Hall–Kier alpha value is -1.18. The van der Waals surface area contributed by atoms with Crippen LogP contribution in [0.2, 0.25) is 0 Å². The minimum Gasteiger partial charge on any atom is -0.481 e. The average Bonchev–Trinajstić information content (AvgIpc) is 2.23. The smallest absolute Gasteiger partial charge is 0.303 e. The van der Waals surface area contributed by atoms with E-state index in [2.05, 4.69) is 0 Å². The van der Waals surface area contributed by atoms with E-state index in [0.29, 0.717) is 12.8 Å². The lowest BCUT2D eigenvalue weighted by atomic mass is 10.2. The lowest BCUT2D eigenvalue weighted by molar-refractivity contribution is -0.139. The van der Waals surface area contributed by atoms with E-state index in [1.165, 1.54) is 0 Å². The average molecular weight is 238 g/mol. The zero-order valence-corrected chi connectivity index (χ0v) is 8.87. The van der Waals surface area contributed by atoms with Crippen LogP contribution in [0.4, 0.5) is 0 Å². The third-order valence-electron chi connectivity index (χ3n) is 1.45. The highest BCUT2D eigenvalue weighted by Crippen LogP contribution is 1.98. The van der Waals surface area contributed by atoms with E-state index in [-0.39, 0.29) is 26.1 Å². The number of rotatable bonds is 7. The molecule has 0 aliphatic rings. The fourth-order valence-electron chi connectivity index (χ4n) is 0.610. The normalized spacial score (nSPS) is 9.50. The van der Waals surface area contributed by atoms with Gasteiger partial charge < -0.3 is 25.5 Å². The second-order valence-electron chi connectivity index (χ2n) is 3.01. The first-order chi connectivity index (χ1) is 7.43. The van der Waals surface area contributed by atoms with E-state index in [9.17, 15) is 9.59 Å². The number of aliphatic carboxylic acids is 2. The molecule has 0 aromatic rings. The first kappa shape index (κ1) is 17.2. The fraction of sp³-hybridized carbons (Fsp3) is 0.778. The molecule has 0 saturated carbocycles. The number of hydrogen-bond acceptors (Lipinski definition) is 5. The zero-order valence-electron chi connectivity index (χ0n) is 8.87. The summed E-state index contributed by atoms with van der Waals surface area (Å²) in [6, 6.07) is 0. The fourth-order valence-corrected chi connectivity index (χ4v) is 0.610. The van der Waals surface area contributed by atoms with Crippen molar-refractivity contribution in [2.24, 2.45) is 0 Å². The summed E-state index contributed by atoms with van der Waals surface area (Å²) in [6.45, 7) is -0.729. The van der Waals surface area contributed by atoms with E-state index in [1.807, 2.05) is 0 Å². The van der Waals surface area contributed by atoms with Gasteiger partial charge >= 0.3 is 11.9 Å². The van der Waals surface area contributed by atoms with Crippen molar-refractivity contribution in [2.45, 2.75) is 31.8 Å². The van der Waals surface area contributed by atoms with Gasteiger partial charge in [0.05, 0.1) is 13.2 Å². The molecule has 0 radical (unpaired) electrons. The number of aliphatic hydroxyl groups is 3. The summed E-state index contributed by atoms with van der Waals surface area (Å²) in [4.78, 5) is 19.8. The van der Waals surface area contributed by atoms with Crippen LogP contribution in [-0.2, 0) is 9.59 Å². The molecule has 0 atom stereocenters. The number of aliphatic hydroxyl groups excluding tert-OH is 3. The van der Waals surface area contributed by atoms with Gasteiger partial charge in [0.1, 0.15) is 6.10 Å². The molecular formula is C9H18O7. The predicted octanol–water partition coefficient (Wildman–Crippen LogP) is -0.952. The van der Waals surface area contributed by atoms with Crippen molar-refractivity contribution < 1.29 is 35.1 Å². The van der Waals surface area contributed by atoms with Crippen molar-refractivity contribution in [3.05, 3.63) is 0 Å². The van der Waals surface area contributed by atoms with Crippen LogP contribution in [0, 0.1) is 0 Å². The molecule has 0 spiro atoms. The van der Waals surface area contributed by atoms with Crippen LogP contribution in [-0.4, -0.2) is 56.8 Å². The van der Waals surface area contributed by atoms with Gasteiger partial charge in [0.15, 0.2) is 0 Å². The quantitative estimate of drug-likeness (QED) is 0.361. The first-order valence-electron chi connectivity index (χ1n) is 4.77. The maximum Gasteiger partial charge on any atom is 0.303 e. The molecule has 96 valence electrons. The maximum absolute atomic E-state index is 9.90. The van der Waals surface area contributed by atoms with Gasteiger partial charge in [-0.15, -0.1) is 0 Å². The Balaban J connectivity index is 0. The number of unbranched alkanes of at least 4 members (excludes halogenated alkanes) is 1. The van der Waals surface area contributed by atoms with Crippen LogP contribution in [0.15, 0.2) is 0 Å². The molecule has 0 rings (SSSR count). The second-order valence-corrected chi connectivity index (χ2v) is 3.01. The van der Waals surface area contributed by atoms with Gasteiger partial charge in [-0.2, -0.15) is 0 Å². The Morgan fingerprint density at radius 1 is 0.875 bits per heavy atom. The highest BCUT2D eigenvalue weighted by atomic mass is 16.4. The van der Waals surface area contributed by atoms with Gasteiger partial charge in [-0.1, -0.05) is 0 Å². The molecule has 16 heavy (non-hydrogen) atoms. The van der Waals surface area contributed by atoms with Gasteiger partial charge in [0, 0.05) is 12.8 Å². The van der Waals surface area contributed by atoms with Crippen LogP contribution in [0.1, 0.15) is 25.7 Å². The molecule has 0 saturated heterocycles. The van der Waals surface area contributed by atoms with Gasteiger partial charge in [0.25, 0.3) is 0 Å². The van der Waals surface area contributed by atoms with Crippen molar-refractivity contribution in [3.63, 3.8) is 0 Å². The molecule has 0 amide bonds. The predicted molar refractivity (Wildman–Crippen MR) is 53.9 cm³/mol. The molecule has 0 unspecified atom stereocenters. The van der Waals surface area contributed by atoms with Gasteiger partial charge in [-0.25, -0.2) is 0 Å². The van der Waals surface area contributed by atoms with Crippen molar-refractivity contribution in [3.8, 4) is 0 Å². The monoisotopic (exact) mass is 238 g/mol. The molecule has 0 aromatic carbocycles. The Morgan fingerprint density at radius 3 is 1.31 bits per heavy atom. The van der Waals surface area contributed by atoms with Gasteiger partial charge in [0.2, 0.25) is 0 Å². The third-order valence-corrected chi connectivity index (χ3v) is 1.45. The molecule has 7 nitrogen and oxygen atoms in total. The number of hydrogen-bond donors (Lipinski definition) is 5. The van der Waals surface area contributed by atoms with Crippen LogP contribution in [0.5, 0.6) is 0 Å². The van der Waals surface area contributed by atoms with Crippen molar-refractivity contribution >= 4 is 11.9 Å². The molecule has 0 aromatic heterocycles. The van der Waals surface area contributed by atoms with Crippen LogP contribution < -0.4 is 0 Å². The molecular weight excluding hydrogens is 220 g/mol. The zero-order chi connectivity index (χ0) is 13.0. The first-order valence-corrected chi connectivity index (χ1v) is 4.77. The van der Waals surface area contributed by atoms with E-state index >= 15 is 0 Å². The lowest BCUT2D eigenvalue weighted by Crippen LogP contribution is -2.15. The van der Waals surface area contributed by atoms with E-state index in [4.69, 9.17) is 25.5 Å². The largest absolute Gasteiger partial charge is 0.481 e. The maximum atomic E-state index is 9.90. The summed E-state index contributed by atoms with van der Waals surface area (Å²) < 4.78 is 0. The topological polar surface area (TPSA) is 135 Å². The van der Waals surface area contributed by atoms with Crippen molar-refractivity contribution in [1.29, 1.82) is 0 Å². The third kappa shape index (κ3) is 18.6. The molecule has 0 fully saturated rings. The number of carboxylic acid groups (broad SMARTS) is 2. The summed E-state index contributed by atoms with van der Waals surface area (Å²) in [7, 11) is 0. The van der Waals surface area contributed by atoms with E-state index in [1.54, 1.807) is 0 Å². The van der Waals surface area contributed by atoms with Crippen molar-refractivity contribution in [2.75, 3.05) is 13.2 Å². The summed E-state index contributed by atoms with van der Waals surface area (Å²) in [5.41, 5.74) is 0. The summed E-state index contributed by atoms with van der Waals surface area (Å²) in [6.07, 6.45) is 0.0640. The SMILES string of the molecule is O=C(O)CCCCC(=O)O.OCC(O)CO. The molecule has 0 aliphatic carbocycles. The van der Waals surface area contributed by atoms with Crippen LogP contribution in [0.25, 0.3) is 0 Å². The number of carbonyl (C=O) groups is 2. The van der Waals surface area contributed by atoms with E-state index < -0.39 is 18.0 Å². The highest BCUT2D eigenvalue weighted by Gasteiger charge is 1.99. The summed E-state index contributed by atoms with van der Waals surface area (Å²) in [5, 5.41) is 40.3.